The first-order valence-electron chi connectivity index (χ1n) is 8.18. The lowest BCUT2D eigenvalue weighted by Gasteiger charge is -2.33. The summed E-state index contributed by atoms with van der Waals surface area (Å²) in [6.45, 7) is 9.54. The lowest BCUT2D eigenvalue weighted by molar-refractivity contribution is 0.528. The quantitative estimate of drug-likeness (QED) is 0.806. The van der Waals surface area contributed by atoms with Gasteiger partial charge in [0.1, 0.15) is 6.07 Å². The summed E-state index contributed by atoms with van der Waals surface area (Å²) in [5, 5.41) is 9.54. The van der Waals surface area contributed by atoms with Crippen LogP contribution in [0.4, 0.5) is 5.69 Å². The van der Waals surface area contributed by atoms with E-state index < -0.39 is 0 Å². The molecule has 0 N–H and O–H groups in total. The lowest BCUT2D eigenvalue weighted by atomic mass is 10.0. The topological polar surface area (TPSA) is 39.9 Å². The van der Waals surface area contributed by atoms with E-state index in [1.807, 2.05) is 13.8 Å². The van der Waals surface area contributed by atoms with Gasteiger partial charge in [0.25, 0.3) is 0 Å². The highest BCUT2D eigenvalue weighted by molar-refractivity contribution is 5.62. The molecular weight excluding hydrogens is 258 g/mol. The Morgan fingerprint density at radius 3 is 2.57 bits per heavy atom. The van der Waals surface area contributed by atoms with Crippen LogP contribution in [0, 0.1) is 31.1 Å². The Morgan fingerprint density at radius 2 is 2.00 bits per heavy atom. The zero-order valence-electron chi connectivity index (χ0n) is 13.8. The third-order valence-corrected chi connectivity index (χ3v) is 4.44. The number of hydrogen-bond donors (Lipinski definition) is 0. The molecule has 21 heavy (non-hydrogen) atoms. The summed E-state index contributed by atoms with van der Waals surface area (Å²) >= 11 is 0. The molecule has 2 rings (SSSR count). The Morgan fingerprint density at radius 1 is 1.33 bits per heavy atom. The van der Waals surface area contributed by atoms with Crippen molar-refractivity contribution < 1.29 is 0 Å². The highest BCUT2D eigenvalue weighted by Gasteiger charge is 2.25. The monoisotopic (exact) mass is 285 g/mol. The molecule has 0 unspecified atom stereocenters. The largest absolute Gasteiger partial charge is 0.367 e. The molecule has 0 radical (unpaired) electrons. The van der Waals surface area contributed by atoms with Crippen LogP contribution in [0.15, 0.2) is 6.07 Å². The van der Waals surface area contributed by atoms with Crippen LogP contribution in [0.3, 0.4) is 0 Å². The van der Waals surface area contributed by atoms with Crippen LogP contribution in [0.5, 0.6) is 0 Å². The molecule has 0 amide bonds. The predicted molar refractivity (Wildman–Crippen MR) is 87.5 cm³/mol. The van der Waals surface area contributed by atoms with Crippen LogP contribution in [-0.2, 0) is 0 Å². The molecule has 3 heteroatoms. The molecule has 1 aliphatic rings. The van der Waals surface area contributed by atoms with E-state index in [0.717, 1.165) is 29.2 Å². The molecule has 1 aromatic rings. The fraction of sp³-hybridized carbons (Fsp3) is 0.667. The summed E-state index contributed by atoms with van der Waals surface area (Å²) in [5.41, 5.74) is 3.74. The molecule has 0 atom stereocenters. The average Bonchev–Trinajstić information content (AvgIpc) is 2.92. The van der Waals surface area contributed by atoms with Crippen molar-refractivity contribution >= 4 is 5.69 Å². The van der Waals surface area contributed by atoms with Gasteiger partial charge in [0.15, 0.2) is 0 Å². The molecule has 0 aromatic carbocycles. The molecule has 1 fully saturated rings. The zero-order chi connectivity index (χ0) is 15.4. The minimum absolute atomic E-state index is 0.594. The van der Waals surface area contributed by atoms with E-state index in [2.05, 4.69) is 35.9 Å². The fourth-order valence-electron chi connectivity index (χ4n) is 3.29. The van der Waals surface area contributed by atoms with E-state index in [1.165, 1.54) is 32.1 Å². The third kappa shape index (κ3) is 3.75. The first kappa shape index (κ1) is 15.8. The van der Waals surface area contributed by atoms with Crippen LogP contribution in [0.1, 0.15) is 62.9 Å². The van der Waals surface area contributed by atoms with E-state index in [0.29, 0.717) is 12.0 Å². The highest BCUT2D eigenvalue weighted by atomic mass is 15.2. The lowest BCUT2D eigenvalue weighted by Crippen LogP contribution is -2.35. The maximum absolute atomic E-state index is 9.54. The Bertz CT molecular complexity index is 522. The minimum Gasteiger partial charge on any atom is -0.367 e. The van der Waals surface area contributed by atoms with Gasteiger partial charge in [-0.05, 0) is 45.1 Å². The normalized spacial score (nSPS) is 15.4. The summed E-state index contributed by atoms with van der Waals surface area (Å²) in [4.78, 5) is 6.95. The van der Waals surface area contributed by atoms with E-state index in [4.69, 9.17) is 0 Å². The van der Waals surface area contributed by atoms with Crippen molar-refractivity contribution in [2.75, 3.05) is 11.4 Å². The van der Waals surface area contributed by atoms with Gasteiger partial charge >= 0.3 is 0 Å². The Labute approximate surface area is 129 Å². The first-order valence-corrected chi connectivity index (χ1v) is 8.18. The summed E-state index contributed by atoms with van der Waals surface area (Å²) < 4.78 is 0. The maximum Gasteiger partial charge on any atom is 0.103 e. The number of pyridine rings is 1. The van der Waals surface area contributed by atoms with Gasteiger partial charge in [-0.3, -0.25) is 4.98 Å². The van der Waals surface area contributed by atoms with Crippen molar-refractivity contribution in [3.63, 3.8) is 0 Å². The smallest absolute Gasteiger partial charge is 0.103 e. The van der Waals surface area contributed by atoms with Crippen molar-refractivity contribution in [1.82, 2.24) is 4.98 Å². The number of nitrogens with zero attached hydrogens (tertiary/aromatic N) is 3. The summed E-state index contributed by atoms with van der Waals surface area (Å²) in [6, 6.07) is 5.07. The van der Waals surface area contributed by atoms with Crippen LogP contribution < -0.4 is 4.90 Å². The van der Waals surface area contributed by atoms with Gasteiger partial charge in [0.2, 0.25) is 0 Å². The second kappa shape index (κ2) is 6.93. The number of anilines is 1. The van der Waals surface area contributed by atoms with Crippen molar-refractivity contribution in [3.05, 3.63) is 23.0 Å². The standard InChI is InChI=1S/C18H27N3/c1-13(2)9-10-21(16-7-5-6-8-16)18-11-14(3)20-15(4)17(18)12-19/h11,13,16H,5-10H2,1-4H3. The summed E-state index contributed by atoms with van der Waals surface area (Å²) in [7, 11) is 0. The molecule has 114 valence electrons. The van der Waals surface area contributed by atoms with Crippen molar-refractivity contribution in [2.24, 2.45) is 5.92 Å². The van der Waals surface area contributed by atoms with Gasteiger partial charge in [-0.2, -0.15) is 5.26 Å². The van der Waals surface area contributed by atoms with Gasteiger partial charge in [-0.25, -0.2) is 0 Å². The van der Waals surface area contributed by atoms with Gasteiger partial charge < -0.3 is 4.90 Å². The highest BCUT2D eigenvalue weighted by Crippen LogP contribution is 2.32. The SMILES string of the molecule is Cc1cc(N(CCC(C)C)C2CCCC2)c(C#N)c(C)n1. The number of nitriles is 1. The molecular formula is C18H27N3. The summed E-state index contributed by atoms with van der Waals surface area (Å²) in [6.07, 6.45) is 6.30. The average molecular weight is 285 g/mol. The van der Waals surface area contributed by atoms with Crippen LogP contribution in [0.2, 0.25) is 0 Å². The Kier molecular flexibility index (Phi) is 5.22. The molecule has 0 saturated heterocycles. The van der Waals surface area contributed by atoms with Gasteiger partial charge in [-0.1, -0.05) is 26.7 Å². The van der Waals surface area contributed by atoms with Crippen LogP contribution in [0.25, 0.3) is 0 Å². The van der Waals surface area contributed by atoms with Crippen molar-refractivity contribution in [1.29, 1.82) is 5.26 Å². The summed E-state index contributed by atoms with van der Waals surface area (Å²) in [5.74, 6) is 0.684. The molecule has 1 aliphatic carbocycles. The van der Waals surface area contributed by atoms with E-state index >= 15 is 0 Å². The second-order valence-electron chi connectivity index (χ2n) is 6.67. The van der Waals surface area contributed by atoms with Crippen molar-refractivity contribution in [2.45, 2.75) is 65.8 Å². The minimum atomic E-state index is 0.594. The number of hydrogen-bond acceptors (Lipinski definition) is 3. The molecule has 0 spiro atoms. The van der Waals surface area contributed by atoms with Crippen molar-refractivity contribution in [3.8, 4) is 6.07 Å². The van der Waals surface area contributed by atoms with Crippen LogP contribution >= 0.6 is 0 Å². The molecule has 1 aromatic heterocycles. The van der Waals surface area contributed by atoms with Gasteiger partial charge in [-0.15, -0.1) is 0 Å². The van der Waals surface area contributed by atoms with E-state index in [9.17, 15) is 5.26 Å². The number of aryl methyl sites for hydroxylation is 2. The Balaban J connectivity index is 2.37. The number of aromatic nitrogens is 1. The zero-order valence-corrected chi connectivity index (χ0v) is 13.8. The molecule has 1 heterocycles. The van der Waals surface area contributed by atoms with E-state index in [-0.39, 0.29) is 0 Å². The fourth-order valence-corrected chi connectivity index (χ4v) is 3.29. The maximum atomic E-state index is 9.54. The van der Waals surface area contributed by atoms with Gasteiger partial charge in [0.05, 0.1) is 16.9 Å². The molecule has 0 bridgehead atoms. The van der Waals surface area contributed by atoms with Crippen LogP contribution in [-0.4, -0.2) is 17.6 Å². The first-order chi connectivity index (χ1) is 10.0. The molecule has 3 nitrogen and oxygen atoms in total. The second-order valence-corrected chi connectivity index (χ2v) is 6.67. The molecule has 1 saturated carbocycles. The Hall–Kier alpha value is -1.56. The molecule has 0 aliphatic heterocycles. The predicted octanol–water partition coefficient (Wildman–Crippen LogP) is 4.37. The van der Waals surface area contributed by atoms with E-state index in [1.54, 1.807) is 0 Å². The third-order valence-electron chi connectivity index (χ3n) is 4.44. The number of rotatable bonds is 5. The van der Waals surface area contributed by atoms with Gasteiger partial charge in [0, 0.05) is 18.3 Å².